The minimum Gasteiger partial charge on any atom is -0.490 e. The first-order valence-electron chi connectivity index (χ1n) is 14.6. The molecule has 1 aromatic heterocycles. The molecule has 13 heteroatoms. The Bertz CT molecular complexity index is 1660. The molecule has 0 saturated carbocycles. The first-order valence-corrected chi connectivity index (χ1v) is 14.6. The minimum absolute atomic E-state index is 0. The molecule has 3 heterocycles. The van der Waals surface area contributed by atoms with Crippen LogP contribution in [0.15, 0.2) is 85.1 Å². The molecule has 0 aliphatic carbocycles. The van der Waals surface area contributed by atoms with Crippen LogP contribution in [-0.2, 0) is 25.9 Å². The van der Waals surface area contributed by atoms with Crippen molar-refractivity contribution in [2.24, 2.45) is 0 Å². The van der Waals surface area contributed by atoms with Gasteiger partial charge in [0.15, 0.2) is 0 Å². The van der Waals surface area contributed by atoms with E-state index in [1.54, 1.807) is 4.57 Å². The fourth-order valence-corrected chi connectivity index (χ4v) is 5.31. The molecule has 6 rings (SSSR count). The highest BCUT2D eigenvalue weighted by Gasteiger charge is 2.30. The smallest absolute Gasteiger partial charge is 0.416 e. The van der Waals surface area contributed by atoms with Gasteiger partial charge in [-0.3, -0.25) is 9.47 Å². The van der Waals surface area contributed by atoms with E-state index in [1.807, 2.05) is 36.4 Å². The Morgan fingerprint density at radius 1 is 0.935 bits per heavy atom. The molecule has 9 nitrogen and oxygen atoms in total. The van der Waals surface area contributed by atoms with Crippen molar-refractivity contribution in [3.8, 4) is 17.5 Å². The van der Waals surface area contributed by atoms with Crippen LogP contribution in [0.4, 0.5) is 19.0 Å². The Morgan fingerprint density at radius 2 is 1.61 bits per heavy atom. The van der Waals surface area contributed by atoms with Crippen molar-refractivity contribution in [3.63, 3.8) is 0 Å². The number of nitro groups is 1. The van der Waals surface area contributed by atoms with Crippen LogP contribution >= 0.6 is 12.4 Å². The monoisotopic (exact) mass is 656 g/mol. The van der Waals surface area contributed by atoms with Crippen LogP contribution in [0.5, 0.6) is 17.5 Å². The largest absolute Gasteiger partial charge is 0.490 e. The lowest BCUT2D eigenvalue weighted by atomic mass is 9.99. The Hall–Kier alpha value is -4.55. The van der Waals surface area contributed by atoms with Gasteiger partial charge in [0.25, 0.3) is 0 Å². The van der Waals surface area contributed by atoms with Gasteiger partial charge in [0.1, 0.15) is 37.0 Å². The van der Waals surface area contributed by atoms with Crippen LogP contribution in [0.25, 0.3) is 5.57 Å². The molecule has 0 spiro atoms. The summed E-state index contributed by atoms with van der Waals surface area (Å²) in [5.41, 5.74) is 3.59. The number of hydrogen-bond acceptors (Lipinski definition) is 7. The molecule has 4 aromatic rings. The van der Waals surface area contributed by atoms with Crippen molar-refractivity contribution < 1.29 is 32.3 Å². The van der Waals surface area contributed by atoms with Crippen molar-refractivity contribution in [2.75, 3.05) is 19.7 Å². The predicted octanol–water partition coefficient (Wildman–Crippen LogP) is 7.33. The molecule has 2 aliphatic heterocycles. The van der Waals surface area contributed by atoms with Gasteiger partial charge in [-0.05, 0) is 70.0 Å². The first-order chi connectivity index (χ1) is 21.7. The number of rotatable bonds is 10. The minimum atomic E-state index is -4.35. The number of aromatic nitrogens is 2. The lowest BCUT2D eigenvalue weighted by molar-refractivity contribution is -0.389. The van der Waals surface area contributed by atoms with Crippen molar-refractivity contribution >= 4 is 23.8 Å². The van der Waals surface area contributed by atoms with Crippen LogP contribution in [0.3, 0.4) is 0 Å². The van der Waals surface area contributed by atoms with Crippen molar-refractivity contribution in [1.29, 1.82) is 0 Å². The Morgan fingerprint density at radius 3 is 2.26 bits per heavy atom. The lowest BCUT2D eigenvalue weighted by Crippen LogP contribution is -2.31. The molecule has 1 unspecified atom stereocenters. The molecule has 2 aliphatic rings. The van der Waals surface area contributed by atoms with Gasteiger partial charge in [0, 0.05) is 37.6 Å². The second-order valence-electron chi connectivity index (χ2n) is 11.0. The molecule has 0 bridgehead atoms. The highest BCUT2D eigenvalue weighted by molar-refractivity contribution is 5.85. The standard InChI is InChI=1S/C33H31F3N4O5.ClH/c34-33(35,36)27-7-1-24(2-8-27)21-43-28-9-3-23(4-10-28)19-38-16-13-26(14-17-38)25-5-11-29(12-6-25)44-22-30-15-18-39-20-31(40(41)42)37-32(39)45-30;/h1-13,20,30H,14-19,21-22H2;1H. The number of ether oxygens (including phenoxy) is 3. The number of aryl methyl sites for hydroxylation is 1. The zero-order valence-corrected chi connectivity index (χ0v) is 25.5. The van der Waals surface area contributed by atoms with Crippen LogP contribution in [0, 0.1) is 10.1 Å². The summed E-state index contributed by atoms with van der Waals surface area (Å²) >= 11 is 0. The van der Waals surface area contributed by atoms with E-state index in [0.717, 1.165) is 55.1 Å². The molecule has 0 N–H and O–H groups in total. The Balaban J connectivity index is 0.00000417. The molecule has 1 atom stereocenters. The number of fused-ring (bicyclic) bond motifs is 1. The molecular weight excluding hydrogens is 625 g/mol. The van der Waals surface area contributed by atoms with Crippen molar-refractivity contribution in [3.05, 3.63) is 117 Å². The maximum Gasteiger partial charge on any atom is 0.416 e. The van der Waals surface area contributed by atoms with Crippen LogP contribution < -0.4 is 14.2 Å². The number of halogens is 4. The summed E-state index contributed by atoms with van der Waals surface area (Å²) in [7, 11) is 0. The van der Waals surface area contributed by atoms with Gasteiger partial charge < -0.3 is 24.3 Å². The van der Waals surface area contributed by atoms with Gasteiger partial charge in [-0.15, -0.1) is 12.4 Å². The second kappa shape index (κ2) is 14.3. The summed E-state index contributed by atoms with van der Waals surface area (Å²) in [6.07, 6.45) is 0.646. The number of nitrogens with zero attached hydrogens (tertiary/aromatic N) is 4. The van der Waals surface area contributed by atoms with Crippen molar-refractivity contribution in [2.45, 2.75) is 44.8 Å². The van der Waals surface area contributed by atoms with E-state index >= 15 is 0 Å². The number of hydrogen-bond donors (Lipinski definition) is 0. The third kappa shape index (κ3) is 8.18. The number of imidazole rings is 1. The molecule has 0 fully saturated rings. The zero-order chi connectivity index (χ0) is 31.4. The van der Waals surface area contributed by atoms with Gasteiger partial charge >= 0.3 is 18.0 Å². The normalized spacial score (nSPS) is 16.4. The van der Waals surface area contributed by atoms with E-state index in [-0.39, 0.29) is 36.9 Å². The van der Waals surface area contributed by atoms with Crippen LogP contribution in [0.1, 0.15) is 35.1 Å². The molecule has 0 amide bonds. The Kier molecular flexibility index (Phi) is 10.2. The van der Waals surface area contributed by atoms with Gasteiger partial charge in [-0.25, -0.2) is 0 Å². The van der Waals surface area contributed by atoms with Crippen molar-refractivity contribution in [1.82, 2.24) is 14.5 Å². The SMILES string of the molecule is Cl.O=[N+]([O-])c1cn2c(n1)OC(COc1ccc(C3=CCN(Cc4ccc(OCc5ccc(C(F)(F)F)cc5)cc4)CC3)cc1)CC2. The molecule has 3 aromatic carbocycles. The molecule has 0 radical (unpaired) electrons. The quantitative estimate of drug-likeness (QED) is 0.130. The molecule has 0 saturated heterocycles. The molecule has 46 heavy (non-hydrogen) atoms. The van der Waals surface area contributed by atoms with Gasteiger partial charge in [0.05, 0.1) is 5.56 Å². The topological polar surface area (TPSA) is 91.9 Å². The average Bonchev–Trinajstić information content (AvgIpc) is 3.48. The van der Waals surface area contributed by atoms with Crippen LogP contribution in [-0.4, -0.2) is 45.2 Å². The summed E-state index contributed by atoms with van der Waals surface area (Å²) < 4.78 is 57.3. The maximum atomic E-state index is 12.7. The van der Waals surface area contributed by atoms with E-state index in [4.69, 9.17) is 14.2 Å². The van der Waals surface area contributed by atoms with E-state index < -0.39 is 16.7 Å². The van der Waals surface area contributed by atoms with E-state index in [9.17, 15) is 23.3 Å². The van der Waals surface area contributed by atoms with Crippen LogP contribution in [0.2, 0.25) is 0 Å². The zero-order valence-electron chi connectivity index (χ0n) is 24.7. The summed E-state index contributed by atoms with van der Waals surface area (Å²) in [4.78, 5) is 16.7. The van der Waals surface area contributed by atoms with E-state index in [0.29, 0.717) is 30.9 Å². The fourth-order valence-electron chi connectivity index (χ4n) is 5.31. The summed E-state index contributed by atoms with van der Waals surface area (Å²) in [6, 6.07) is 21.0. The lowest BCUT2D eigenvalue weighted by Gasteiger charge is -2.26. The first kappa shape index (κ1) is 32.8. The Labute approximate surface area is 269 Å². The van der Waals surface area contributed by atoms with Gasteiger partial charge in [-0.2, -0.15) is 13.2 Å². The predicted molar refractivity (Wildman–Crippen MR) is 167 cm³/mol. The average molecular weight is 657 g/mol. The van der Waals surface area contributed by atoms with E-state index in [2.05, 4.69) is 28.1 Å². The third-order valence-electron chi connectivity index (χ3n) is 7.85. The highest BCUT2D eigenvalue weighted by Crippen LogP contribution is 2.30. The maximum absolute atomic E-state index is 12.7. The van der Waals surface area contributed by atoms with Gasteiger partial charge in [0.2, 0.25) is 0 Å². The summed E-state index contributed by atoms with van der Waals surface area (Å²) in [5.74, 6) is 1.17. The molecular formula is C33H32ClF3N4O5. The number of alkyl halides is 3. The fraction of sp³-hybridized carbons (Fsp3) is 0.303. The summed E-state index contributed by atoms with van der Waals surface area (Å²) in [5, 5.41) is 11.0. The molecule has 242 valence electrons. The highest BCUT2D eigenvalue weighted by atomic mass is 35.5. The third-order valence-corrected chi connectivity index (χ3v) is 7.85. The van der Waals surface area contributed by atoms with Gasteiger partial charge in [-0.1, -0.05) is 42.5 Å². The van der Waals surface area contributed by atoms with E-state index in [1.165, 1.54) is 23.9 Å². The summed E-state index contributed by atoms with van der Waals surface area (Å²) in [6.45, 7) is 3.65. The number of benzene rings is 3. The second-order valence-corrected chi connectivity index (χ2v) is 11.0.